The smallest absolute Gasteiger partial charge is 0.354 e. The third-order valence-corrected chi connectivity index (χ3v) is 4.88. The minimum atomic E-state index is -1.37. The van der Waals surface area contributed by atoms with Crippen LogP contribution in [0.25, 0.3) is 5.65 Å². The Bertz CT molecular complexity index is 1560. The third-order valence-electron chi connectivity index (χ3n) is 4.88. The van der Waals surface area contributed by atoms with Crippen LogP contribution < -0.4 is 32.8 Å². The average molecular weight is 454 g/mol. The molecule has 168 valence electrons. The number of halogens is 1. The molecule has 4 aromatic rings. The van der Waals surface area contributed by atoms with Crippen LogP contribution in [0.5, 0.6) is 0 Å². The van der Waals surface area contributed by atoms with Gasteiger partial charge < -0.3 is 21.5 Å². The fourth-order valence-electron chi connectivity index (χ4n) is 3.19. The second-order valence-corrected chi connectivity index (χ2v) is 7.05. The number of hydrogen-bond donors (Lipinski definition) is 5. The van der Waals surface area contributed by atoms with Gasteiger partial charge in [0.1, 0.15) is 22.9 Å². The molecule has 0 saturated carbocycles. The number of benzene rings is 1. The van der Waals surface area contributed by atoms with Crippen molar-refractivity contribution in [3.05, 3.63) is 89.5 Å². The number of carbonyl (C=O) groups excluding carboxylic acids is 1. The molecule has 2 heterocycles. The van der Waals surface area contributed by atoms with Crippen LogP contribution in [0.1, 0.15) is 32.1 Å². The molecule has 2 aromatic heterocycles. The summed E-state index contributed by atoms with van der Waals surface area (Å²) in [5.74, 6) is -2.67. The SMILES string of the molecule is Nc1c(NCc2cc(CNC(=O)c3cc(C(=O)O)n4[nH]c(=O)cc4n3)ccc2F)c(=O)c1=O. The highest BCUT2D eigenvalue weighted by Crippen LogP contribution is 2.15. The van der Waals surface area contributed by atoms with Gasteiger partial charge in [-0.1, -0.05) is 6.07 Å². The normalized spacial score (nSPS) is 11.1. The largest absolute Gasteiger partial charge is 0.477 e. The number of carbonyl (C=O) groups is 2. The van der Waals surface area contributed by atoms with Crippen LogP contribution in [0.3, 0.4) is 0 Å². The summed E-state index contributed by atoms with van der Waals surface area (Å²) in [5, 5.41) is 16.8. The predicted octanol–water partition coefficient (Wildman–Crippen LogP) is -0.420. The van der Waals surface area contributed by atoms with Crippen molar-refractivity contribution in [1.82, 2.24) is 19.9 Å². The number of H-pyrrole nitrogens is 1. The molecule has 0 aliphatic heterocycles. The number of nitrogens with two attached hydrogens (primary N) is 1. The van der Waals surface area contributed by atoms with Crippen molar-refractivity contribution in [1.29, 1.82) is 0 Å². The standard InChI is InChI=1S/C20H15FN6O6/c21-10-2-1-8(3-9(10)7-23-16-15(22)17(29)18(16)30)6-24-19(31)11-4-12(20(32)33)27-13(25-11)5-14(28)26-27/h1-5,23H,6-7,22H2,(H,24,31)(H,26,28)(H,32,33). The van der Waals surface area contributed by atoms with E-state index in [-0.39, 0.29) is 47.1 Å². The summed E-state index contributed by atoms with van der Waals surface area (Å²) in [6.45, 7) is -0.172. The Labute approximate surface area is 182 Å². The maximum absolute atomic E-state index is 14.1. The highest BCUT2D eigenvalue weighted by atomic mass is 19.1. The number of anilines is 2. The minimum absolute atomic E-state index is 0.0437. The van der Waals surface area contributed by atoms with Gasteiger partial charge in [-0.2, -0.15) is 0 Å². The first-order chi connectivity index (χ1) is 15.7. The van der Waals surface area contributed by atoms with Crippen LogP contribution >= 0.6 is 0 Å². The summed E-state index contributed by atoms with van der Waals surface area (Å²) in [4.78, 5) is 62.1. The first kappa shape index (κ1) is 21.4. The number of nitrogen functional groups attached to an aromatic ring is 1. The van der Waals surface area contributed by atoms with E-state index in [0.29, 0.717) is 5.56 Å². The molecule has 13 heteroatoms. The molecule has 0 bridgehead atoms. The molecular weight excluding hydrogens is 439 g/mol. The lowest BCUT2D eigenvalue weighted by Crippen LogP contribution is -2.37. The van der Waals surface area contributed by atoms with Gasteiger partial charge in [-0.25, -0.2) is 18.7 Å². The van der Waals surface area contributed by atoms with Gasteiger partial charge in [0.25, 0.3) is 22.3 Å². The molecule has 0 saturated heterocycles. The van der Waals surface area contributed by atoms with Crippen LogP contribution in [0.4, 0.5) is 15.8 Å². The number of carboxylic acid groups (broad SMARTS) is 1. The van der Waals surface area contributed by atoms with Crippen molar-refractivity contribution in [2.24, 2.45) is 0 Å². The van der Waals surface area contributed by atoms with E-state index in [0.717, 1.165) is 16.6 Å². The van der Waals surface area contributed by atoms with Crippen molar-refractivity contribution in [3.8, 4) is 0 Å². The Morgan fingerprint density at radius 1 is 1.12 bits per heavy atom. The number of carboxylic acids is 1. The number of aromatic carboxylic acids is 1. The van der Waals surface area contributed by atoms with Gasteiger partial charge in [-0.3, -0.25) is 24.3 Å². The molecule has 33 heavy (non-hydrogen) atoms. The molecule has 0 spiro atoms. The molecular formula is C20H15FN6O6. The van der Waals surface area contributed by atoms with Gasteiger partial charge in [0, 0.05) is 30.8 Å². The van der Waals surface area contributed by atoms with Crippen molar-refractivity contribution in [3.63, 3.8) is 0 Å². The van der Waals surface area contributed by atoms with E-state index in [1.807, 2.05) is 0 Å². The summed E-state index contributed by atoms with van der Waals surface area (Å²) in [6, 6.07) is 6.09. The zero-order valence-electron chi connectivity index (χ0n) is 16.6. The number of nitrogens with one attached hydrogen (secondary N) is 3. The number of amides is 1. The van der Waals surface area contributed by atoms with Crippen LogP contribution in [-0.4, -0.2) is 31.6 Å². The monoisotopic (exact) mass is 454 g/mol. The summed E-state index contributed by atoms with van der Waals surface area (Å²) in [7, 11) is 0. The maximum Gasteiger partial charge on any atom is 0.354 e. The fourth-order valence-corrected chi connectivity index (χ4v) is 3.19. The van der Waals surface area contributed by atoms with E-state index >= 15 is 0 Å². The van der Waals surface area contributed by atoms with Crippen LogP contribution in [0.15, 0.2) is 44.7 Å². The summed E-state index contributed by atoms with van der Waals surface area (Å²) >= 11 is 0. The second kappa shape index (κ2) is 8.03. The van der Waals surface area contributed by atoms with Gasteiger partial charge in [-0.15, -0.1) is 0 Å². The first-order valence-corrected chi connectivity index (χ1v) is 9.40. The predicted molar refractivity (Wildman–Crippen MR) is 113 cm³/mol. The van der Waals surface area contributed by atoms with E-state index < -0.39 is 34.1 Å². The van der Waals surface area contributed by atoms with Crippen LogP contribution in [0, 0.1) is 5.82 Å². The number of hydrogen-bond acceptors (Lipinski definition) is 8. The average Bonchev–Trinajstić information content (AvgIpc) is 3.17. The molecule has 0 fully saturated rings. The highest BCUT2D eigenvalue weighted by Gasteiger charge is 2.19. The lowest BCUT2D eigenvalue weighted by molar-refractivity contribution is 0.0687. The molecule has 0 unspecified atom stereocenters. The van der Waals surface area contributed by atoms with Gasteiger partial charge in [0.15, 0.2) is 11.3 Å². The first-order valence-electron chi connectivity index (χ1n) is 9.40. The molecule has 12 nitrogen and oxygen atoms in total. The Balaban J connectivity index is 1.49. The number of nitrogens with zero attached hydrogens (tertiary/aromatic N) is 2. The van der Waals surface area contributed by atoms with Crippen molar-refractivity contribution in [2.75, 3.05) is 11.1 Å². The Morgan fingerprint density at radius 3 is 2.58 bits per heavy atom. The number of rotatable bonds is 7. The second-order valence-electron chi connectivity index (χ2n) is 7.05. The van der Waals surface area contributed by atoms with Crippen LogP contribution in [0.2, 0.25) is 0 Å². The zero-order valence-corrected chi connectivity index (χ0v) is 16.6. The summed E-state index contributed by atoms with van der Waals surface area (Å²) < 4.78 is 15.1. The van der Waals surface area contributed by atoms with E-state index in [2.05, 4.69) is 20.7 Å². The Morgan fingerprint density at radius 2 is 1.88 bits per heavy atom. The van der Waals surface area contributed by atoms with Gasteiger partial charge >= 0.3 is 5.97 Å². The molecule has 4 rings (SSSR count). The van der Waals surface area contributed by atoms with Crippen LogP contribution in [-0.2, 0) is 13.1 Å². The maximum atomic E-state index is 14.1. The Hall–Kier alpha value is -4.81. The van der Waals surface area contributed by atoms with Gasteiger partial charge in [0.2, 0.25) is 0 Å². The molecule has 6 N–H and O–H groups in total. The molecule has 0 atom stereocenters. The topological polar surface area (TPSA) is 189 Å². The van der Waals surface area contributed by atoms with Crippen molar-refractivity contribution < 1.29 is 19.1 Å². The van der Waals surface area contributed by atoms with E-state index in [9.17, 15) is 33.5 Å². The van der Waals surface area contributed by atoms with E-state index in [1.165, 1.54) is 18.2 Å². The molecule has 2 aromatic carbocycles. The van der Waals surface area contributed by atoms with Gasteiger partial charge in [0.05, 0.1) is 0 Å². The lowest BCUT2D eigenvalue weighted by Gasteiger charge is -2.12. The fraction of sp³-hybridized carbons (Fsp3) is 0.100. The summed E-state index contributed by atoms with van der Waals surface area (Å²) in [5.41, 5.74) is 3.02. The third kappa shape index (κ3) is 3.94. The van der Waals surface area contributed by atoms with Crippen molar-refractivity contribution >= 4 is 28.9 Å². The van der Waals surface area contributed by atoms with Gasteiger partial charge in [-0.05, 0) is 17.7 Å². The Kier molecular flexibility index (Phi) is 5.21. The number of aromatic nitrogens is 3. The zero-order chi connectivity index (χ0) is 23.9. The number of aromatic amines is 1. The molecule has 0 radical (unpaired) electrons. The van der Waals surface area contributed by atoms with E-state index in [1.54, 1.807) is 0 Å². The van der Waals surface area contributed by atoms with E-state index in [4.69, 9.17) is 5.73 Å². The lowest BCUT2D eigenvalue weighted by atomic mass is 10.1. The molecule has 0 aliphatic rings. The highest BCUT2D eigenvalue weighted by molar-refractivity contribution is 5.95. The van der Waals surface area contributed by atoms with Crippen molar-refractivity contribution in [2.45, 2.75) is 13.1 Å². The summed E-state index contributed by atoms with van der Waals surface area (Å²) in [6.07, 6.45) is 0. The molecule has 1 amide bonds. The minimum Gasteiger partial charge on any atom is -0.477 e. The molecule has 0 aliphatic carbocycles. The quantitative estimate of drug-likeness (QED) is 0.231. The number of fused-ring (bicyclic) bond motifs is 1.